The van der Waals surface area contributed by atoms with Crippen LogP contribution in [0, 0.1) is 0 Å². The standard InChI is InChI=1S/C19H17N4O3/c24-9-10-26-17-4-2-16(3-5-17)23-19(25)6-1-14-11-20-8-7-18(14)15-12-21-22-13-15/h1-8,11-13H,9-10H2,(H,21,22)(H,23,25)/q-1/b6-1+. The number of pyridine rings is 1. The van der Waals surface area contributed by atoms with Gasteiger partial charge in [-0.3, -0.25) is 14.9 Å². The number of benzene rings is 1. The zero-order chi connectivity index (χ0) is 18.2. The number of aromatic amines is 1. The Kier molecular flexibility index (Phi) is 5.74. The summed E-state index contributed by atoms with van der Waals surface area (Å²) in [5.74, 6) is 0.328. The molecule has 0 radical (unpaired) electrons. The molecule has 0 aliphatic carbocycles. The fourth-order valence-electron chi connectivity index (χ4n) is 2.34. The van der Waals surface area contributed by atoms with Gasteiger partial charge in [-0.15, -0.1) is 6.61 Å². The monoisotopic (exact) mass is 349 g/mol. The minimum absolute atomic E-state index is 0.124. The van der Waals surface area contributed by atoms with Gasteiger partial charge in [0.25, 0.3) is 0 Å². The zero-order valence-corrected chi connectivity index (χ0v) is 13.9. The zero-order valence-electron chi connectivity index (χ0n) is 13.9. The van der Waals surface area contributed by atoms with Gasteiger partial charge in [-0.25, -0.2) is 0 Å². The summed E-state index contributed by atoms with van der Waals surface area (Å²) < 4.78 is 5.22. The molecule has 2 N–H and O–H groups in total. The van der Waals surface area contributed by atoms with Crippen molar-refractivity contribution in [2.45, 2.75) is 0 Å². The molecule has 0 saturated heterocycles. The molecule has 7 nitrogen and oxygen atoms in total. The van der Waals surface area contributed by atoms with E-state index >= 15 is 0 Å². The van der Waals surface area contributed by atoms with Crippen molar-refractivity contribution in [3.05, 3.63) is 66.8 Å². The summed E-state index contributed by atoms with van der Waals surface area (Å²) in [5, 5.41) is 19.9. The average Bonchev–Trinajstić information content (AvgIpc) is 3.21. The quantitative estimate of drug-likeness (QED) is 0.634. The molecule has 0 bridgehead atoms. The number of aromatic nitrogens is 3. The number of carbonyl (C=O) groups is 1. The molecule has 0 fully saturated rings. The summed E-state index contributed by atoms with van der Waals surface area (Å²) >= 11 is 0. The molecule has 1 amide bonds. The predicted octanol–water partition coefficient (Wildman–Crippen LogP) is 1.86. The van der Waals surface area contributed by atoms with E-state index in [0.717, 1.165) is 16.7 Å². The van der Waals surface area contributed by atoms with Crippen molar-refractivity contribution in [3.8, 4) is 16.9 Å². The maximum atomic E-state index is 12.1. The normalized spacial score (nSPS) is 10.8. The van der Waals surface area contributed by atoms with Crippen molar-refractivity contribution in [1.29, 1.82) is 0 Å². The lowest BCUT2D eigenvalue weighted by atomic mass is 10.0. The minimum Gasteiger partial charge on any atom is -0.852 e. The fourth-order valence-corrected chi connectivity index (χ4v) is 2.34. The summed E-state index contributed by atoms with van der Waals surface area (Å²) in [5.41, 5.74) is 3.29. The molecule has 1 aromatic carbocycles. The Balaban J connectivity index is 1.65. The highest BCUT2D eigenvalue weighted by molar-refractivity contribution is 6.02. The van der Waals surface area contributed by atoms with E-state index in [-0.39, 0.29) is 19.1 Å². The van der Waals surface area contributed by atoms with Gasteiger partial charge in [0.1, 0.15) is 5.75 Å². The van der Waals surface area contributed by atoms with Crippen LogP contribution in [-0.2, 0) is 4.79 Å². The molecule has 0 spiro atoms. The van der Waals surface area contributed by atoms with Crippen LogP contribution in [0.2, 0.25) is 0 Å². The van der Waals surface area contributed by atoms with Crippen LogP contribution in [0.15, 0.2) is 61.2 Å². The lowest BCUT2D eigenvalue weighted by molar-refractivity contribution is -0.370. The maximum Gasteiger partial charge on any atom is 0.248 e. The second-order valence-electron chi connectivity index (χ2n) is 5.35. The summed E-state index contributed by atoms with van der Waals surface area (Å²) in [6.07, 6.45) is 10.0. The summed E-state index contributed by atoms with van der Waals surface area (Å²) in [4.78, 5) is 16.2. The summed E-state index contributed by atoms with van der Waals surface area (Å²) in [6.45, 7) is -0.170. The molecule has 132 valence electrons. The first-order chi connectivity index (χ1) is 12.8. The molecular weight excluding hydrogens is 332 g/mol. The number of nitrogens with zero attached hydrogens (tertiary/aromatic N) is 2. The van der Waals surface area contributed by atoms with Crippen LogP contribution >= 0.6 is 0 Å². The van der Waals surface area contributed by atoms with E-state index in [1.54, 1.807) is 55.1 Å². The Morgan fingerprint density at radius 1 is 1.23 bits per heavy atom. The average molecular weight is 349 g/mol. The number of anilines is 1. The van der Waals surface area contributed by atoms with E-state index < -0.39 is 0 Å². The molecule has 0 atom stereocenters. The molecule has 0 saturated carbocycles. The van der Waals surface area contributed by atoms with Gasteiger partial charge >= 0.3 is 0 Å². The largest absolute Gasteiger partial charge is 0.852 e. The van der Waals surface area contributed by atoms with Crippen molar-refractivity contribution in [1.82, 2.24) is 15.2 Å². The lowest BCUT2D eigenvalue weighted by Crippen LogP contribution is -2.14. The predicted molar refractivity (Wildman–Crippen MR) is 96.3 cm³/mol. The Labute approximate surface area is 150 Å². The number of hydrogen-bond acceptors (Lipinski definition) is 5. The van der Waals surface area contributed by atoms with Gasteiger partial charge in [0.05, 0.1) is 12.8 Å². The van der Waals surface area contributed by atoms with Crippen molar-refractivity contribution in [3.63, 3.8) is 0 Å². The molecule has 2 aromatic heterocycles. The van der Waals surface area contributed by atoms with Gasteiger partial charge in [0.2, 0.25) is 5.91 Å². The molecule has 2 heterocycles. The maximum absolute atomic E-state index is 12.1. The molecule has 0 unspecified atom stereocenters. The van der Waals surface area contributed by atoms with E-state index in [1.165, 1.54) is 6.08 Å². The molecule has 26 heavy (non-hydrogen) atoms. The molecule has 0 aliphatic heterocycles. The van der Waals surface area contributed by atoms with Gasteiger partial charge in [-0.2, -0.15) is 5.10 Å². The van der Waals surface area contributed by atoms with Gasteiger partial charge in [0, 0.05) is 41.5 Å². The third-order valence-electron chi connectivity index (χ3n) is 3.55. The van der Waals surface area contributed by atoms with Crippen LogP contribution < -0.4 is 15.2 Å². The smallest absolute Gasteiger partial charge is 0.248 e. The van der Waals surface area contributed by atoms with E-state index in [4.69, 9.17) is 4.74 Å². The van der Waals surface area contributed by atoms with Crippen LogP contribution in [0.4, 0.5) is 5.69 Å². The van der Waals surface area contributed by atoms with Gasteiger partial charge in [-0.05, 0) is 42.0 Å². The van der Waals surface area contributed by atoms with E-state index in [2.05, 4.69) is 20.5 Å². The highest BCUT2D eigenvalue weighted by Crippen LogP contribution is 2.22. The highest BCUT2D eigenvalue weighted by Gasteiger charge is 2.05. The Morgan fingerprint density at radius 3 is 2.81 bits per heavy atom. The number of ether oxygens (including phenoxy) is 1. The number of nitrogens with one attached hydrogen (secondary N) is 2. The Hall–Kier alpha value is -3.45. The van der Waals surface area contributed by atoms with Crippen LogP contribution in [-0.4, -0.2) is 34.3 Å². The molecule has 3 aromatic rings. The third kappa shape index (κ3) is 4.55. The summed E-state index contributed by atoms with van der Waals surface area (Å²) in [6, 6.07) is 8.70. The third-order valence-corrected chi connectivity index (χ3v) is 3.55. The number of rotatable bonds is 7. The van der Waals surface area contributed by atoms with Crippen molar-refractivity contribution in [2.75, 3.05) is 18.5 Å². The minimum atomic E-state index is -0.293. The van der Waals surface area contributed by atoms with Crippen LogP contribution in [0.25, 0.3) is 17.2 Å². The SMILES string of the molecule is O=C(/C=C/c1cnccc1-c1cn[nH]c1)Nc1ccc(OCC[O-])cc1. The van der Waals surface area contributed by atoms with Crippen molar-refractivity contribution in [2.24, 2.45) is 0 Å². The van der Waals surface area contributed by atoms with Crippen LogP contribution in [0.5, 0.6) is 5.75 Å². The summed E-state index contributed by atoms with van der Waals surface area (Å²) in [7, 11) is 0. The van der Waals surface area contributed by atoms with Crippen molar-refractivity contribution < 1.29 is 14.6 Å². The second-order valence-corrected chi connectivity index (χ2v) is 5.35. The van der Waals surface area contributed by atoms with E-state index in [0.29, 0.717) is 11.4 Å². The topological polar surface area (TPSA) is 103 Å². The molecule has 7 heteroatoms. The van der Waals surface area contributed by atoms with E-state index in [1.807, 2.05) is 6.07 Å². The number of carbonyl (C=O) groups excluding carboxylic acids is 1. The number of amides is 1. The first kappa shape index (κ1) is 17.4. The van der Waals surface area contributed by atoms with Crippen LogP contribution in [0.3, 0.4) is 0 Å². The van der Waals surface area contributed by atoms with Gasteiger partial charge in [0.15, 0.2) is 0 Å². The lowest BCUT2D eigenvalue weighted by Gasteiger charge is -2.08. The highest BCUT2D eigenvalue weighted by atomic mass is 16.5. The number of H-pyrrole nitrogens is 1. The van der Waals surface area contributed by atoms with Gasteiger partial charge < -0.3 is 15.2 Å². The Morgan fingerprint density at radius 2 is 2.08 bits per heavy atom. The van der Waals surface area contributed by atoms with Gasteiger partial charge in [-0.1, -0.05) is 0 Å². The molecule has 0 aliphatic rings. The second kappa shape index (κ2) is 8.59. The van der Waals surface area contributed by atoms with E-state index in [9.17, 15) is 9.90 Å². The first-order valence-electron chi connectivity index (χ1n) is 7.99. The fraction of sp³-hybridized carbons (Fsp3) is 0.105. The van der Waals surface area contributed by atoms with Crippen molar-refractivity contribution >= 4 is 17.7 Å². The molecular formula is C19H17N4O3-. The first-order valence-corrected chi connectivity index (χ1v) is 7.99. The molecule has 3 rings (SSSR count). The Bertz CT molecular complexity index is 874. The van der Waals surface area contributed by atoms with Crippen LogP contribution in [0.1, 0.15) is 5.56 Å². The number of hydrogen-bond donors (Lipinski definition) is 2.